The minimum atomic E-state index is -4.30. The normalized spacial score (nSPS) is 17.9. The minimum Gasteiger partial charge on any atom is -0.507 e. The van der Waals surface area contributed by atoms with Crippen LogP contribution in [0.15, 0.2) is 12.1 Å². The van der Waals surface area contributed by atoms with Gasteiger partial charge in [0.1, 0.15) is 5.75 Å². The fourth-order valence-electron chi connectivity index (χ4n) is 3.56. The van der Waals surface area contributed by atoms with Crippen molar-refractivity contribution >= 4 is 12.4 Å². The van der Waals surface area contributed by atoms with Crippen LogP contribution in [0.25, 0.3) is 0 Å². The molecule has 162 valence electrons. The molecule has 7 heteroatoms. The first-order valence-corrected chi connectivity index (χ1v) is 9.59. The Morgan fingerprint density at radius 2 is 1.54 bits per heavy atom. The van der Waals surface area contributed by atoms with Crippen LogP contribution in [0, 0.1) is 0 Å². The molecule has 1 heterocycles. The van der Waals surface area contributed by atoms with Crippen molar-refractivity contribution in [3.05, 3.63) is 28.8 Å². The Bertz CT molecular complexity index is 657. The highest BCUT2D eigenvalue weighted by Gasteiger charge is 2.38. The van der Waals surface area contributed by atoms with Crippen LogP contribution in [0.2, 0.25) is 0 Å². The van der Waals surface area contributed by atoms with E-state index in [2.05, 4.69) is 5.32 Å². The van der Waals surface area contributed by atoms with Gasteiger partial charge in [-0.05, 0) is 28.0 Å². The number of halogens is 4. The van der Waals surface area contributed by atoms with Crippen molar-refractivity contribution < 1.29 is 18.3 Å². The summed E-state index contributed by atoms with van der Waals surface area (Å²) in [6.07, 6.45) is -5.26. The van der Waals surface area contributed by atoms with Gasteiger partial charge < -0.3 is 10.4 Å². The standard InChI is InChI=1S/C21H33F3N2O.ClH/c1-19(2,3)14-11-15(18(27)16(12-14)20(4,5)6)17(13-21(22,23)24)26-9-7-25-8-10-26;/h11-12,17,25,27H,7-10,13H2,1-6H3;1H/t17-;/m1./s1. The average Bonchev–Trinajstić information content (AvgIpc) is 2.51. The molecule has 1 aliphatic rings. The van der Waals surface area contributed by atoms with Crippen molar-refractivity contribution in [3.8, 4) is 5.75 Å². The summed E-state index contributed by atoms with van der Waals surface area (Å²) in [7, 11) is 0. The molecule has 2 N–H and O–H groups in total. The Morgan fingerprint density at radius 3 is 1.96 bits per heavy atom. The first-order chi connectivity index (χ1) is 12.2. The van der Waals surface area contributed by atoms with E-state index in [1.165, 1.54) is 0 Å². The molecule has 1 aliphatic heterocycles. The van der Waals surface area contributed by atoms with Gasteiger partial charge in [-0.3, -0.25) is 4.90 Å². The van der Waals surface area contributed by atoms with Crippen LogP contribution in [0.4, 0.5) is 13.2 Å². The molecule has 0 spiro atoms. The van der Waals surface area contributed by atoms with Crippen LogP contribution < -0.4 is 5.32 Å². The highest BCUT2D eigenvalue weighted by atomic mass is 35.5. The Kier molecular flexibility index (Phi) is 7.88. The van der Waals surface area contributed by atoms with E-state index in [1.54, 1.807) is 6.07 Å². The summed E-state index contributed by atoms with van der Waals surface area (Å²) < 4.78 is 40.3. The van der Waals surface area contributed by atoms with Crippen LogP contribution in [0.1, 0.15) is 70.7 Å². The first-order valence-electron chi connectivity index (χ1n) is 9.59. The van der Waals surface area contributed by atoms with Crippen molar-refractivity contribution in [1.82, 2.24) is 10.2 Å². The van der Waals surface area contributed by atoms with Gasteiger partial charge in [0.25, 0.3) is 0 Å². The first kappa shape index (κ1) is 25.1. The lowest BCUT2D eigenvalue weighted by molar-refractivity contribution is -0.148. The molecule has 1 aromatic rings. The molecule has 1 atom stereocenters. The number of nitrogens with one attached hydrogen (secondary N) is 1. The Labute approximate surface area is 173 Å². The Balaban J connectivity index is 0.00000392. The number of benzene rings is 1. The van der Waals surface area contributed by atoms with E-state index in [-0.39, 0.29) is 29.0 Å². The fraction of sp³-hybridized carbons (Fsp3) is 0.714. The van der Waals surface area contributed by atoms with Crippen molar-refractivity contribution in [2.45, 2.75) is 71.0 Å². The number of rotatable bonds is 3. The van der Waals surface area contributed by atoms with Gasteiger partial charge in [0.15, 0.2) is 0 Å². The van der Waals surface area contributed by atoms with Crippen molar-refractivity contribution in [1.29, 1.82) is 0 Å². The summed E-state index contributed by atoms with van der Waals surface area (Å²) in [5.74, 6) is 0.00304. The molecule has 3 nitrogen and oxygen atoms in total. The number of hydrogen-bond donors (Lipinski definition) is 2. The average molecular weight is 423 g/mol. The molecule has 2 rings (SSSR count). The summed E-state index contributed by atoms with van der Waals surface area (Å²) in [5, 5.41) is 14.2. The Morgan fingerprint density at radius 1 is 1.00 bits per heavy atom. The molecule has 0 bridgehead atoms. The molecule has 0 aliphatic carbocycles. The van der Waals surface area contributed by atoms with E-state index in [4.69, 9.17) is 0 Å². The lowest BCUT2D eigenvalue weighted by Gasteiger charge is -2.37. The maximum absolute atomic E-state index is 13.4. The smallest absolute Gasteiger partial charge is 0.390 e. The SMILES string of the molecule is CC(C)(C)c1cc([C@@H](CC(F)(F)F)N2CCNCC2)c(O)c(C(C)(C)C)c1.Cl. The van der Waals surface area contributed by atoms with Gasteiger partial charge in [-0.2, -0.15) is 13.2 Å². The van der Waals surface area contributed by atoms with Gasteiger partial charge in [-0.15, -0.1) is 12.4 Å². The van der Waals surface area contributed by atoms with E-state index in [9.17, 15) is 18.3 Å². The van der Waals surface area contributed by atoms with E-state index < -0.39 is 18.6 Å². The van der Waals surface area contributed by atoms with Crippen molar-refractivity contribution in [2.75, 3.05) is 26.2 Å². The van der Waals surface area contributed by atoms with Gasteiger partial charge in [0, 0.05) is 37.8 Å². The number of aromatic hydroxyl groups is 1. The topological polar surface area (TPSA) is 35.5 Å². The zero-order valence-corrected chi connectivity index (χ0v) is 18.5. The quantitative estimate of drug-likeness (QED) is 0.693. The number of piperazine rings is 1. The van der Waals surface area contributed by atoms with Gasteiger partial charge in [-0.1, -0.05) is 47.6 Å². The van der Waals surface area contributed by atoms with Crippen LogP contribution in [0.5, 0.6) is 5.75 Å². The lowest BCUT2D eigenvalue weighted by atomic mass is 9.77. The highest BCUT2D eigenvalue weighted by molar-refractivity contribution is 5.85. The molecule has 0 unspecified atom stereocenters. The van der Waals surface area contributed by atoms with E-state index in [0.717, 1.165) is 5.56 Å². The third kappa shape index (κ3) is 6.26. The largest absolute Gasteiger partial charge is 0.507 e. The molecule has 0 saturated carbocycles. The lowest BCUT2D eigenvalue weighted by Crippen LogP contribution is -2.46. The summed E-state index contributed by atoms with van der Waals surface area (Å²) in [4.78, 5) is 1.85. The molecule has 1 saturated heterocycles. The second-order valence-electron chi connectivity index (χ2n) is 9.58. The van der Waals surface area contributed by atoms with Crippen LogP contribution in [0.3, 0.4) is 0 Å². The van der Waals surface area contributed by atoms with Gasteiger partial charge in [0.2, 0.25) is 0 Å². The fourth-order valence-corrected chi connectivity index (χ4v) is 3.56. The third-order valence-corrected chi connectivity index (χ3v) is 5.19. The summed E-state index contributed by atoms with van der Waals surface area (Å²) in [6.45, 7) is 14.4. The van der Waals surface area contributed by atoms with Crippen LogP contribution in [-0.4, -0.2) is 42.4 Å². The maximum atomic E-state index is 13.4. The molecule has 1 fully saturated rings. The van der Waals surface area contributed by atoms with Gasteiger partial charge in [0.05, 0.1) is 6.42 Å². The Hall–Kier alpha value is -0.980. The van der Waals surface area contributed by atoms with Gasteiger partial charge in [-0.25, -0.2) is 0 Å². The second kappa shape index (κ2) is 8.80. The number of phenols is 1. The molecule has 28 heavy (non-hydrogen) atoms. The predicted molar refractivity (Wildman–Crippen MR) is 111 cm³/mol. The van der Waals surface area contributed by atoms with Gasteiger partial charge >= 0.3 is 6.18 Å². The number of alkyl halides is 3. The molecule has 0 amide bonds. The molecular formula is C21H34ClF3N2O. The zero-order chi connectivity index (χ0) is 20.6. The minimum absolute atomic E-state index is 0. The maximum Gasteiger partial charge on any atom is 0.390 e. The molecule has 1 aromatic carbocycles. The summed E-state index contributed by atoms with van der Waals surface area (Å²) in [6, 6.07) is 2.85. The third-order valence-electron chi connectivity index (χ3n) is 5.19. The highest BCUT2D eigenvalue weighted by Crippen LogP contribution is 2.44. The van der Waals surface area contributed by atoms with E-state index >= 15 is 0 Å². The summed E-state index contributed by atoms with van der Waals surface area (Å²) >= 11 is 0. The zero-order valence-electron chi connectivity index (χ0n) is 17.7. The predicted octanol–water partition coefficient (Wildman–Crippen LogP) is 5.31. The van der Waals surface area contributed by atoms with E-state index in [1.807, 2.05) is 52.5 Å². The molecular weight excluding hydrogens is 389 g/mol. The second-order valence-corrected chi connectivity index (χ2v) is 9.58. The number of hydrogen-bond acceptors (Lipinski definition) is 3. The molecule has 0 radical (unpaired) electrons. The van der Waals surface area contributed by atoms with Crippen molar-refractivity contribution in [2.24, 2.45) is 0 Å². The number of nitrogens with zero attached hydrogens (tertiary/aromatic N) is 1. The van der Waals surface area contributed by atoms with E-state index in [0.29, 0.717) is 37.3 Å². The van der Waals surface area contributed by atoms with Crippen LogP contribution >= 0.6 is 12.4 Å². The van der Waals surface area contributed by atoms with Crippen molar-refractivity contribution in [3.63, 3.8) is 0 Å². The number of phenolic OH excluding ortho intramolecular Hbond substituents is 1. The summed E-state index contributed by atoms with van der Waals surface area (Å²) in [5.41, 5.74) is 1.45. The van der Waals surface area contributed by atoms with Crippen LogP contribution in [-0.2, 0) is 10.8 Å². The molecule has 0 aromatic heterocycles. The monoisotopic (exact) mass is 422 g/mol.